The van der Waals surface area contributed by atoms with Crippen LogP contribution in [-0.2, 0) is 27.7 Å². The number of para-hydroxylation sites is 1. The van der Waals surface area contributed by atoms with Gasteiger partial charge in [-0.25, -0.2) is 0 Å². The predicted molar refractivity (Wildman–Crippen MR) is 46.8 cm³/mol. The van der Waals surface area contributed by atoms with Crippen molar-refractivity contribution in [3.05, 3.63) is 41.6 Å². The Bertz CT molecular complexity index is 384. The maximum Gasteiger partial charge on any atom is 0.0888 e. The molecular weight excluding hydrogens is 358 g/mol. The third-order valence-electron chi connectivity index (χ3n) is 1.58. The van der Waals surface area contributed by atoms with Crippen molar-refractivity contribution in [1.82, 2.24) is 4.98 Å². The Balaban J connectivity index is 0.000000720. The van der Waals surface area contributed by atoms with Gasteiger partial charge in [0.05, 0.1) is 10.5 Å². The van der Waals surface area contributed by atoms with Crippen molar-refractivity contribution < 1.29 is 27.7 Å². The summed E-state index contributed by atoms with van der Waals surface area (Å²) in [6, 6.07) is 9.66. The van der Waals surface area contributed by atoms with E-state index in [2.05, 4.69) is 4.98 Å². The number of halogens is 1. The molecule has 0 saturated heterocycles. The smallest absolute Gasteiger partial charge is 0.0888 e. The molecule has 0 spiro atoms. The second-order valence-electron chi connectivity index (χ2n) is 2.31. The van der Waals surface area contributed by atoms with E-state index in [1.165, 1.54) is 0 Å². The fourth-order valence-electron chi connectivity index (χ4n) is 1.07. The maximum atomic E-state index is 5.89. The Morgan fingerprint density at radius 2 is 1.83 bits per heavy atom. The molecule has 0 unspecified atom stereocenters. The van der Waals surface area contributed by atoms with E-state index in [4.69, 9.17) is 11.6 Å². The quantitative estimate of drug-likeness (QED) is 0.656. The average molecular weight is 364 g/mol. The summed E-state index contributed by atoms with van der Waals surface area (Å²) < 4.78 is 0. The molecule has 0 N–H and O–H groups in total. The maximum absolute atomic E-state index is 5.89. The van der Waals surface area contributed by atoms with Crippen molar-refractivity contribution in [2.75, 3.05) is 0 Å². The molecule has 0 bridgehead atoms. The van der Waals surface area contributed by atoms with Crippen LogP contribution >= 0.6 is 11.6 Å². The Hall–Kier alpha value is -0.145. The molecule has 0 amide bonds. The summed E-state index contributed by atoms with van der Waals surface area (Å²) in [5, 5.41) is 1.79. The van der Waals surface area contributed by atoms with Crippen LogP contribution in [0.25, 0.3) is 10.9 Å². The fourth-order valence-corrected chi connectivity index (χ4v) is 1.30. The molecule has 2 rings (SSSR count). The van der Waals surface area contributed by atoms with Crippen molar-refractivity contribution in [2.45, 2.75) is 0 Å². The van der Waals surface area contributed by atoms with Gasteiger partial charge in [-0.15, -0.1) is 0 Å². The minimum absolute atomic E-state index is 0. The molecule has 0 saturated carbocycles. The Kier molecular flexibility index (Phi) is 3.47. The van der Waals surface area contributed by atoms with E-state index >= 15 is 0 Å². The number of rotatable bonds is 0. The molecular formula is C9H6ClHgN. The summed E-state index contributed by atoms with van der Waals surface area (Å²) in [4.78, 5) is 4.15. The van der Waals surface area contributed by atoms with Crippen LogP contribution in [0.1, 0.15) is 0 Å². The molecule has 1 nitrogen and oxygen atoms in total. The van der Waals surface area contributed by atoms with Crippen LogP contribution in [0.4, 0.5) is 0 Å². The monoisotopic (exact) mass is 365 g/mol. The summed E-state index contributed by atoms with van der Waals surface area (Å²) in [6.45, 7) is 0. The number of fused-ring (bicyclic) bond motifs is 1. The number of nitrogens with zero attached hydrogens (tertiary/aromatic N) is 1. The molecule has 1 aromatic carbocycles. The molecule has 0 radical (unpaired) electrons. The summed E-state index contributed by atoms with van der Waals surface area (Å²) in [5.74, 6) is 0. The summed E-state index contributed by atoms with van der Waals surface area (Å²) in [7, 11) is 0. The zero-order valence-electron chi connectivity index (χ0n) is 6.50. The van der Waals surface area contributed by atoms with E-state index in [-0.39, 0.29) is 27.7 Å². The van der Waals surface area contributed by atoms with Crippen molar-refractivity contribution in [2.24, 2.45) is 0 Å². The molecule has 0 fully saturated rings. The summed E-state index contributed by atoms with van der Waals surface area (Å²) >= 11 is 5.89. The van der Waals surface area contributed by atoms with Gasteiger partial charge in [0.2, 0.25) is 0 Å². The van der Waals surface area contributed by atoms with Gasteiger partial charge in [0.15, 0.2) is 0 Å². The Morgan fingerprint density at radius 3 is 2.58 bits per heavy atom. The molecule has 2 aromatic rings. The van der Waals surface area contributed by atoms with E-state index in [0.29, 0.717) is 5.02 Å². The second kappa shape index (κ2) is 4.19. The van der Waals surface area contributed by atoms with Gasteiger partial charge < -0.3 is 0 Å². The zero-order chi connectivity index (χ0) is 7.68. The first-order chi connectivity index (χ1) is 5.38. The van der Waals surface area contributed by atoms with Crippen LogP contribution in [0.5, 0.6) is 0 Å². The van der Waals surface area contributed by atoms with Gasteiger partial charge in [-0.2, -0.15) is 0 Å². The number of pyridine rings is 1. The van der Waals surface area contributed by atoms with Crippen molar-refractivity contribution in [1.29, 1.82) is 0 Å². The molecule has 0 aliphatic heterocycles. The second-order valence-corrected chi connectivity index (χ2v) is 2.72. The molecule has 3 heteroatoms. The molecule has 1 heterocycles. The van der Waals surface area contributed by atoms with Crippen LogP contribution in [0.3, 0.4) is 0 Å². The standard InChI is InChI=1S/C9H6ClN.Hg/c10-8-5-1-3-7-4-2-6-11-9(7)8;/h1-6H;. The molecule has 0 atom stereocenters. The largest absolute Gasteiger partial charge is 0.255 e. The molecule has 0 aliphatic carbocycles. The van der Waals surface area contributed by atoms with E-state index in [9.17, 15) is 0 Å². The zero-order valence-corrected chi connectivity index (χ0v) is 12.8. The van der Waals surface area contributed by atoms with E-state index < -0.39 is 0 Å². The van der Waals surface area contributed by atoms with Crippen molar-refractivity contribution in [3.8, 4) is 0 Å². The Morgan fingerprint density at radius 1 is 1.08 bits per heavy atom. The van der Waals surface area contributed by atoms with Gasteiger partial charge in [-0.05, 0) is 12.1 Å². The van der Waals surface area contributed by atoms with Gasteiger partial charge in [0.1, 0.15) is 0 Å². The minimum Gasteiger partial charge on any atom is -0.255 e. The minimum atomic E-state index is 0. The first kappa shape index (κ1) is 9.94. The number of benzene rings is 1. The molecule has 56 valence electrons. The topological polar surface area (TPSA) is 12.9 Å². The average Bonchev–Trinajstić information content (AvgIpc) is 2.06. The van der Waals surface area contributed by atoms with E-state index in [1.807, 2.05) is 30.3 Å². The third kappa shape index (κ3) is 1.78. The van der Waals surface area contributed by atoms with Crippen LogP contribution in [-0.4, -0.2) is 4.98 Å². The van der Waals surface area contributed by atoms with Crippen molar-refractivity contribution in [3.63, 3.8) is 0 Å². The van der Waals surface area contributed by atoms with Crippen LogP contribution < -0.4 is 0 Å². The van der Waals surface area contributed by atoms with Gasteiger partial charge in [0.25, 0.3) is 0 Å². The van der Waals surface area contributed by atoms with Gasteiger partial charge in [-0.3, -0.25) is 4.98 Å². The van der Waals surface area contributed by atoms with Crippen molar-refractivity contribution >= 4 is 22.5 Å². The van der Waals surface area contributed by atoms with Crippen LogP contribution in [0.2, 0.25) is 5.02 Å². The van der Waals surface area contributed by atoms with Crippen LogP contribution in [0.15, 0.2) is 36.5 Å². The summed E-state index contributed by atoms with van der Waals surface area (Å²) in [5.41, 5.74) is 0.872. The van der Waals surface area contributed by atoms with Gasteiger partial charge >= 0.3 is 0 Å². The van der Waals surface area contributed by atoms with E-state index in [0.717, 1.165) is 10.9 Å². The first-order valence-electron chi connectivity index (χ1n) is 3.37. The molecule has 0 aliphatic rings. The molecule has 12 heavy (non-hydrogen) atoms. The molecule has 1 aromatic heterocycles. The number of hydrogen-bond acceptors (Lipinski definition) is 1. The summed E-state index contributed by atoms with van der Waals surface area (Å²) in [6.07, 6.45) is 1.74. The first-order valence-corrected chi connectivity index (χ1v) is 3.75. The number of aromatic nitrogens is 1. The van der Waals surface area contributed by atoms with Gasteiger partial charge in [0, 0.05) is 39.3 Å². The SMILES string of the molecule is Clc1cccc2cccnc12.[Hg]. The Labute approximate surface area is 96.3 Å². The predicted octanol–water partition coefficient (Wildman–Crippen LogP) is 2.89. The van der Waals surface area contributed by atoms with Gasteiger partial charge in [-0.1, -0.05) is 29.8 Å². The normalized spacial score (nSPS) is 9.42. The van der Waals surface area contributed by atoms with E-state index in [1.54, 1.807) is 6.20 Å². The fraction of sp³-hybridized carbons (Fsp3) is 0. The third-order valence-corrected chi connectivity index (χ3v) is 1.89. The van der Waals surface area contributed by atoms with Crippen LogP contribution in [0, 0.1) is 0 Å². The number of hydrogen-bond donors (Lipinski definition) is 0.